The summed E-state index contributed by atoms with van der Waals surface area (Å²) in [5, 5.41) is 4.93. The molecule has 0 fully saturated rings. The molecule has 1 aliphatic rings. The van der Waals surface area contributed by atoms with Gasteiger partial charge in [-0.1, -0.05) is 36.4 Å². The van der Waals surface area contributed by atoms with Crippen molar-refractivity contribution in [1.29, 1.82) is 0 Å². The fourth-order valence-corrected chi connectivity index (χ4v) is 3.03. The number of ether oxygens (including phenoxy) is 3. The van der Waals surface area contributed by atoms with Gasteiger partial charge in [-0.25, -0.2) is 0 Å². The van der Waals surface area contributed by atoms with Crippen molar-refractivity contribution in [3.8, 4) is 17.2 Å². The summed E-state index contributed by atoms with van der Waals surface area (Å²) in [5.41, 5.74) is 0.503. The van der Waals surface area contributed by atoms with Gasteiger partial charge < -0.3 is 19.5 Å². The second-order valence-corrected chi connectivity index (χ2v) is 6.11. The van der Waals surface area contributed by atoms with Crippen molar-refractivity contribution >= 4 is 16.7 Å². The summed E-state index contributed by atoms with van der Waals surface area (Å²) in [7, 11) is 1.57. The first kappa shape index (κ1) is 16.3. The van der Waals surface area contributed by atoms with Gasteiger partial charge in [0.05, 0.1) is 19.2 Å². The number of benzene rings is 3. The molecular weight excluding hydrogens is 330 g/mol. The Morgan fingerprint density at radius 2 is 1.77 bits per heavy atom. The first-order valence-electron chi connectivity index (χ1n) is 8.48. The van der Waals surface area contributed by atoms with E-state index in [0.29, 0.717) is 30.2 Å². The molecule has 0 saturated heterocycles. The number of hydrogen-bond acceptors (Lipinski definition) is 4. The summed E-state index contributed by atoms with van der Waals surface area (Å²) in [6, 6.07) is 19.1. The van der Waals surface area contributed by atoms with Crippen molar-refractivity contribution in [2.45, 2.75) is 6.10 Å². The maximum Gasteiger partial charge on any atom is 0.255 e. The zero-order chi connectivity index (χ0) is 17.9. The molecule has 1 heterocycles. The summed E-state index contributed by atoms with van der Waals surface area (Å²) >= 11 is 0. The van der Waals surface area contributed by atoms with Crippen molar-refractivity contribution in [1.82, 2.24) is 5.32 Å². The molecule has 0 spiro atoms. The Labute approximate surface area is 151 Å². The van der Waals surface area contributed by atoms with E-state index >= 15 is 0 Å². The van der Waals surface area contributed by atoms with Gasteiger partial charge in [0.15, 0.2) is 11.5 Å². The number of nitrogens with one attached hydrogen (secondary N) is 1. The SMILES string of the molecule is COc1cc2ccccc2cc1C(=O)NCC1COc2ccccc2O1. The molecule has 3 aromatic rings. The second-order valence-electron chi connectivity index (χ2n) is 6.11. The van der Waals surface area contributed by atoms with Crippen LogP contribution in [0.5, 0.6) is 17.2 Å². The number of methoxy groups -OCH3 is 1. The largest absolute Gasteiger partial charge is 0.496 e. The van der Waals surface area contributed by atoms with Crippen molar-refractivity contribution in [2.75, 3.05) is 20.3 Å². The van der Waals surface area contributed by atoms with Crippen LogP contribution in [0, 0.1) is 0 Å². The molecule has 0 radical (unpaired) electrons. The van der Waals surface area contributed by atoms with E-state index in [-0.39, 0.29) is 12.0 Å². The molecule has 1 N–H and O–H groups in total. The number of hydrogen-bond donors (Lipinski definition) is 1. The van der Waals surface area contributed by atoms with Gasteiger partial charge in [-0.15, -0.1) is 0 Å². The fraction of sp³-hybridized carbons (Fsp3) is 0.190. The molecule has 26 heavy (non-hydrogen) atoms. The summed E-state index contributed by atoms with van der Waals surface area (Å²) < 4.78 is 16.9. The highest BCUT2D eigenvalue weighted by molar-refractivity contribution is 6.01. The van der Waals surface area contributed by atoms with Crippen LogP contribution in [-0.2, 0) is 0 Å². The van der Waals surface area contributed by atoms with Crippen LogP contribution in [0.4, 0.5) is 0 Å². The zero-order valence-corrected chi connectivity index (χ0v) is 14.4. The molecule has 3 aromatic carbocycles. The quantitative estimate of drug-likeness (QED) is 0.784. The highest BCUT2D eigenvalue weighted by atomic mass is 16.6. The molecule has 1 atom stereocenters. The lowest BCUT2D eigenvalue weighted by atomic mass is 10.1. The molecule has 132 valence electrons. The lowest BCUT2D eigenvalue weighted by Gasteiger charge is -2.26. The summed E-state index contributed by atoms with van der Waals surface area (Å²) in [6.45, 7) is 0.745. The van der Waals surface area contributed by atoms with Crippen molar-refractivity contribution in [2.24, 2.45) is 0 Å². The van der Waals surface area contributed by atoms with Gasteiger partial charge in [-0.05, 0) is 35.0 Å². The normalized spacial score (nSPS) is 15.5. The number of fused-ring (bicyclic) bond motifs is 2. The van der Waals surface area contributed by atoms with Crippen molar-refractivity contribution in [3.63, 3.8) is 0 Å². The molecule has 0 bridgehead atoms. The topological polar surface area (TPSA) is 56.8 Å². The van der Waals surface area contributed by atoms with Crippen LogP contribution < -0.4 is 19.5 Å². The average Bonchev–Trinajstić information content (AvgIpc) is 2.70. The van der Waals surface area contributed by atoms with Gasteiger partial charge in [0, 0.05) is 0 Å². The highest BCUT2D eigenvalue weighted by Crippen LogP contribution is 2.31. The minimum atomic E-state index is -0.236. The molecule has 1 aliphatic heterocycles. The van der Waals surface area contributed by atoms with E-state index in [0.717, 1.165) is 16.5 Å². The molecule has 0 saturated carbocycles. The van der Waals surface area contributed by atoms with Gasteiger partial charge in [0.25, 0.3) is 5.91 Å². The third kappa shape index (κ3) is 3.16. The number of carbonyl (C=O) groups excluding carboxylic acids is 1. The standard InChI is InChI=1S/C21H19NO4/c1-24-20-11-15-7-3-2-6-14(15)10-17(20)21(23)22-12-16-13-25-18-8-4-5-9-19(18)26-16/h2-11,16H,12-13H2,1H3,(H,22,23). The van der Waals surface area contributed by atoms with Crippen LogP contribution in [0.2, 0.25) is 0 Å². The van der Waals surface area contributed by atoms with Crippen molar-refractivity contribution < 1.29 is 19.0 Å². The van der Waals surface area contributed by atoms with Gasteiger partial charge in [0.1, 0.15) is 18.5 Å². The molecule has 1 amide bonds. The lowest BCUT2D eigenvalue weighted by molar-refractivity contribution is 0.0787. The lowest BCUT2D eigenvalue weighted by Crippen LogP contribution is -2.40. The first-order chi connectivity index (χ1) is 12.7. The van der Waals surface area contributed by atoms with Crippen LogP contribution >= 0.6 is 0 Å². The van der Waals surface area contributed by atoms with E-state index < -0.39 is 0 Å². The van der Waals surface area contributed by atoms with Crippen LogP contribution in [-0.4, -0.2) is 32.3 Å². The predicted octanol–water partition coefficient (Wildman–Crippen LogP) is 3.42. The highest BCUT2D eigenvalue weighted by Gasteiger charge is 2.22. The number of rotatable bonds is 4. The molecule has 5 nitrogen and oxygen atoms in total. The van der Waals surface area contributed by atoms with Gasteiger partial charge >= 0.3 is 0 Å². The average molecular weight is 349 g/mol. The fourth-order valence-electron chi connectivity index (χ4n) is 3.03. The third-order valence-corrected chi connectivity index (χ3v) is 4.37. The molecule has 0 aromatic heterocycles. The Hall–Kier alpha value is -3.21. The zero-order valence-electron chi connectivity index (χ0n) is 14.4. The van der Waals surface area contributed by atoms with Gasteiger partial charge in [-0.2, -0.15) is 0 Å². The molecule has 5 heteroatoms. The summed E-state index contributed by atoms with van der Waals surface area (Å²) in [5.74, 6) is 1.77. The molecule has 1 unspecified atom stereocenters. The number of para-hydroxylation sites is 2. The number of carbonyl (C=O) groups is 1. The van der Waals surface area contributed by atoms with Crippen LogP contribution in [0.25, 0.3) is 10.8 Å². The molecule has 0 aliphatic carbocycles. The molecule has 4 rings (SSSR count). The van der Waals surface area contributed by atoms with Crippen LogP contribution in [0.15, 0.2) is 60.7 Å². The second kappa shape index (κ2) is 6.96. The summed E-state index contributed by atoms with van der Waals surface area (Å²) in [6.07, 6.45) is -0.236. The Kier molecular flexibility index (Phi) is 4.35. The van der Waals surface area contributed by atoms with Gasteiger partial charge in [-0.3, -0.25) is 4.79 Å². The van der Waals surface area contributed by atoms with Gasteiger partial charge in [0.2, 0.25) is 0 Å². The van der Waals surface area contributed by atoms with E-state index in [4.69, 9.17) is 14.2 Å². The van der Waals surface area contributed by atoms with Crippen molar-refractivity contribution in [3.05, 3.63) is 66.2 Å². The number of amides is 1. The van der Waals surface area contributed by atoms with Crippen LogP contribution in [0.1, 0.15) is 10.4 Å². The Bertz CT molecular complexity index is 954. The maximum atomic E-state index is 12.7. The molecular formula is C21H19NO4. The monoisotopic (exact) mass is 349 g/mol. The van der Waals surface area contributed by atoms with E-state index in [1.165, 1.54) is 0 Å². The van der Waals surface area contributed by atoms with E-state index in [2.05, 4.69) is 5.32 Å². The minimum Gasteiger partial charge on any atom is -0.496 e. The van der Waals surface area contributed by atoms with Crippen LogP contribution in [0.3, 0.4) is 0 Å². The smallest absolute Gasteiger partial charge is 0.255 e. The minimum absolute atomic E-state index is 0.199. The van der Waals surface area contributed by atoms with E-state index in [9.17, 15) is 4.79 Å². The Morgan fingerprint density at radius 3 is 2.54 bits per heavy atom. The Morgan fingerprint density at radius 1 is 1.08 bits per heavy atom. The predicted molar refractivity (Wildman–Crippen MR) is 99.2 cm³/mol. The van der Waals surface area contributed by atoms with E-state index in [1.807, 2.05) is 60.7 Å². The Balaban J connectivity index is 1.48. The maximum absolute atomic E-state index is 12.7. The third-order valence-electron chi connectivity index (χ3n) is 4.37. The first-order valence-corrected chi connectivity index (χ1v) is 8.48. The summed E-state index contributed by atoms with van der Waals surface area (Å²) in [4.78, 5) is 12.7. The van der Waals surface area contributed by atoms with E-state index in [1.54, 1.807) is 7.11 Å².